The van der Waals surface area contributed by atoms with Crippen molar-refractivity contribution < 1.29 is 14.2 Å². The molecule has 0 saturated heterocycles. The predicted octanol–water partition coefficient (Wildman–Crippen LogP) is 1.71. The Morgan fingerprint density at radius 1 is 1.07 bits per heavy atom. The van der Waals surface area contributed by atoms with Crippen LogP contribution in [0.5, 0.6) is 0 Å². The van der Waals surface area contributed by atoms with Crippen molar-refractivity contribution in [2.75, 3.05) is 20.3 Å². The molecule has 0 aliphatic heterocycles. The lowest BCUT2D eigenvalue weighted by Gasteiger charge is -2.19. The zero-order valence-electron chi connectivity index (χ0n) is 9.92. The Morgan fingerprint density at radius 2 is 1.71 bits per heavy atom. The highest BCUT2D eigenvalue weighted by molar-refractivity contribution is 4.56. The second-order valence-corrected chi connectivity index (χ2v) is 4.40. The molecular weight excluding hydrogens is 182 g/mol. The van der Waals surface area contributed by atoms with Crippen LogP contribution in [0.3, 0.4) is 0 Å². The number of rotatable bonds is 7. The maximum atomic E-state index is 5.33. The first kappa shape index (κ1) is 13.8. The van der Waals surface area contributed by atoms with Crippen LogP contribution in [-0.2, 0) is 14.2 Å². The van der Waals surface area contributed by atoms with E-state index in [2.05, 4.69) is 19.2 Å². The molecule has 0 amide bonds. The van der Waals surface area contributed by atoms with E-state index in [1.165, 1.54) is 0 Å². The van der Waals surface area contributed by atoms with Crippen LogP contribution in [0.4, 0.5) is 0 Å². The van der Waals surface area contributed by atoms with Crippen molar-refractivity contribution in [2.45, 2.75) is 46.3 Å². The summed E-state index contributed by atoms with van der Waals surface area (Å²) in [5, 5.41) is 3.11. The monoisotopic (exact) mass is 205 g/mol. The second kappa shape index (κ2) is 7.17. The van der Waals surface area contributed by atoms with E-state index < -0.39 is 0 Å². The van der Waals surface area contributed by atoms with Crippen molar-refractivity contribution in [1.82, 2.24) is 5.32 Å². The Morgan fingerprint density at radius 3 is 2.21 bits per heavy atom. The highest BCUT2D eigenvalue weighted by Gasteiger charge is 2.08. The summed E-state index contributed by atoms with van der Waals surface area (Å²) in [5.74, 6) is 0. The van der Waals surface area contributed by atoms with Crippen LogP contribution in [0, 0.1) is 0 Å². The summed E-state index contributed by atoms with van der Waals surface area (Å²) >= 11 is 0. The van der Waals surface area contributed by atoms with Gasteiger partial charge in [0.05, 0.1) is 12.3 Å². The molecule has 0 aromatic rings. The van der Waals surface area contributed by atoms with Gasteiger partial charge in [0.1, 0.15) is 6.79 Å². The van der Waals surface area contributed by atoms with Gasteiger partial charge in [-0.15, -0.1) is 0 Å². The maximum Gasteiger partial charge on any atom is 0.151 e. The zero-order valence-corrected chi connectivity index (χ0v) is 9.92. The van der Waals surface area contributed by atoms with E-state index in [-0.39, 0.29) is 19.2 Å². The van der Waals surface area contributed by atoms with E-state index in [4.69, 9.17) is 14.2 Å². The molecule has 4 nitrogen and oxygen atoms in total. The van der Waals surface area contributed by atoms with Gasteiger partial charge in [-0.1, -0.05) is 0 Å². The number of ether oxygens (including phenoxy) is 3. The van der Waals surface area contributed by atoms with Crippen molar-refractivity contribution in [1.29, 1.82) is 0 Å². The highest BCUT2D eigenvalue weighted by atomic mass is 16.7. The van der Waals surface area contributed by atoms with Crippen molar-refractivity contribution in [3.8, 4) is 0 Å². The lowest BCUT2D eigenvalue weighted by atomic mass is 10.2. The van der Waals surface area contributed by atoms with Crippen molar-refractivity contribution in [3.05, 3.63) is 0 Å². The standard InChI is InChI=1S/C10H23NO3/c1-9(2)11-6-12-7-13-8-14-10(3,4)5/h9,11H,6-8H2,1-5H3. The topological polar surface area (TPSA) is 39.7 Å². The normalized spacial score (nSPS) is 12.4. The van der Waals surface area contributed by atoms with E-state index in [9.17, 15) is 0 Å². The molecule has 4 heteroatoms. The van der Waals surface area contributed by atoms with E-state index in [0.29, 0.717) is 12.8 Å². The molecular formula is C10H23NO3. The first-order valence-electron chi connectivity index (χ1n) is 4.94. The Hall–Kier alpha value is -0.160. The molecule has 0 radical (unpaired) electrons. The van der Waals surface area contributed by atoms with Gasteiger partial charge < -0.3 is 14.2 Å². The maximum absolute atomic E-state index is 5.33. The first-order chi connectivity index (χ1) is 6.42. The molecule has 0 aliphatic rings. The summed E-state index contributed by atoms with van der Waals surface area (Å²) in [6.07, 6.45) is 0. The predicted molar refractivity (Wildman–Crippen MR) is 55.9 cm³/mol. The van der Waals surface area contributed by atoms with Gasteiger partial charge in [0.2, 0.25) is 0 Å². The van der Waals surface area contributed by atoms with Gasteiger partial charge in [0.25, 0.3) is 0 Å². The van der Waals surface area contributed by atoms with Crippen LogP contribution in [-0.4, -0.2) is 32.0 Å². The molecule has 86 valence electrons. The first-order valence-corrected chi connectivity index (χ1v) is 4.94. The quantitative estimate of drug-likeness (QED) is 0.507. The smallest absolute Gasteiger partial charge is 0.151 e. The molecule has 0 rings (SSSR count). The van der Waals surface area contributed by atoms with Crippen molar-refractivity contribution in [2.24, 2.45) is 0 Å². The molecule has 0 atom stereocenters. The van der Waals surface area contributed by atoms with Crippen LogP contribution in [0.2, 0.25) is 0 Å². The Kier molecular flexibility index (Phi) is 7.09. The summed E-state index contributed by atoms with van der Waals surface area (Å²) in [6, 6.07) is 0.431. The molecule has 14 heavy (non-hydrogen) atoms. The molecule has 0 aromatic heterocycles. The van der Waals surface area contributed by atoms with Gasteiger partial charge in [-0.05, 0) is 34.6 Å². The molecule has 1 N–H and O–H groups in total. The van der Waals surface area contributed by atoms with Gasteiger partial charge in [-0.3, -0.25) is 5.32 Å². The average Bonchev–Trinajstić information content (AvgIpc) is 2.00. The summed E-state index contributed by atoms with van der Waals surface area (Å²) in [5.41, 5.74) is -0.157. The lowest BCUT2D eigenvalue weighted by molar-refractivity contribution is -0.169. The molecule has 0 fully saturated rings. The van der Waals surface area contributed by atoms with Gasteiger partial charge >= 0.3 is 0 Å². The Bertz CT molecular complexity index is 132. The van der Waals surface area contributed by atoms with Crippen LogP contribution >= 0.6 is 0 Å². The highest BCUT2D eigenvalue weighted by Crippen LogP contribution is 2.05. The lowest BCUT2D eigenvalue weighted by Crippen LogP contribution is -2.26. The largest absolute Gasteiger partial charge is 0.350 e. The van der Waals surface area contributed by atoms with E-state index in [0.717, 1.165) is 0 Å². The summed E-state index contributed by atoms with van der Waals surface area (Å²) < 4.78 is 15.6. The van der Waals surface area contributed by atoms with Crippen LogP contribution in [0.25, 0.3) is 0 Å². The molecule has 0 bridgehead atoms. The van der Waals surface area contributed by atoms with Crippen LogP contribution < -0.4 is 5.32 Å². The summed E-state index contributed by atoms with van der Waals surface area (Å²) in [4.78, 5) is 0. The van der Waals surface area contributed by atoms with Gasteiger partial charge in [0.15, 0.2) is 6.79 Å². The fraction of sp³-hybridized carbons (Fsp3) is 1.00. The zero-order chi connectivity index (χ0) is 11.0. The van der Waals surface area contributed by atoms with E-state index in [1.54, 1.807) is 0 Å². The molecule has 0 unspecified atom stereocenters. The van der Waals surface area contributed by atoms with E-state index >= 15 is 0 Å². The molecule has 0 heterocycles. The Labute approximate surface area is 86.9 Å². The third-order valence-electron chi connectivity index (χ3n) is 1.34. The number of nitrogens with one attached hydrogen (secondary N) is 1. The Balaban J connectivity index is 3.07. The fourth-order valence-corrected chi connectivity index (χ4v) is 0.579. The van der Waals surface area contributed by atoms with Crippen LogP contribution in [0.15, 0.2) is 0 Å². The third-order valence-corrected chi connectivity index (χ3v) is 1.34. The van der Waals surface area contributed by atoms with Crippen molar-refractivity contribution in [3.63, 3.8) is 0 Å². The SMILES string of the molecule is CC(C)NCOCOCOC(C)(C)C. The third kappa shape index (κ3) is 11.8. The van der Waals surface area contributed by atoms with Crippen LogP contribution in [0.1, 0.15) is 34.6 Å². The van der Waals surface area contributed by atoms with Gasteiger partial charge in [-0.2, -0.15) is 0 Å². The summed E-state index contributed by atoms with van der Waals surface area (Å²) in [6.45, 7) is 11.1. The van der Waals surface area contributed by atoms with Crippen molar-refractivity contribution >= 4 is 0 Å². The molecule has 0 saturated carbocycles. The summed E-state index contributed by atoms with van der Waals surface area (Å²) in [7, 11) is 0. The van der Waals surface area contributed by atoms with Gasteiger partial charge in [0, 0.05) is 6.04 Å². The second-order valence-electron chi connectivity index (χ2n) is 4.40. The molecule has 0 aliphatic carbocycles. The number of hydrogen-bond donors (Lipinski definition) is 1. The van der Waals surface area contributed by atoms with E-state index in [1.807, 2.05) is 20.8 Å². The molecule has 0 aromatic carbocycles. The number of hydrogen-bond acceptors (Lipinski definition) is 4. The minimum absolute atomic E-state index is 0.157. The minimum atomic E-state index is -0.157. The molecule has 0 spiro atoms. The fourth-order valence-electron chi connectivity index (χ4n) is 0.579. The average molecular weight is 205 g/mol. The minimum Gasteiger partial charge on any atom is -0.350 e. The van der Waals surface area contributed by atoms with Gasteiger partial charge in [-0.25, -0.2) is 0 Å².